The fraction of sp³-hybridized carbons (Fsp3) is 0.471. The Morgan fingerprint density at radius 3 is 2.65 bits per heavy atom. The minimum Gasteiger partial charge on any atom is -0.391 e. The van der Waals surface area contributed by atoms with Gasteiger partial charge in [-0.1, -0.05) is 12.1 Å². The highest BCUT2D eigenvalue weighted by atomic mass is 16.3. The number of aliphatic hydroxyl groups excluding tert-OH is 1. The van der Waals surface area contributed by atoms with Crippen molar-refractivity contribution in [2.24, 2.45) is 0 Å². The molecule has 120 valence electrons. The van der Waals surface area contributed by atoms with Gasteiger partial charge in [0.2, 0.25) is 0 Å². The fourth-order valence-electron chi connectivity index (χ4n) is 3.13. The zero-order valence-electron chi connectivity index (χ0n) is 12.9. The molecule has 1 aliphatic carbocycles. The molecule has 1 saturated heterocycles. The van der Waals surface area contributed by atoms with Gasteiger partial charge in [0.05, 0.1) is 12.1 Å². The van der Waals surface area contributed by atoms with E-state index in [1.807, 2.05) is 28.9 Å². The molecule has 1 aromatic heterocycles. The Bertz CT molecular complexity index is 706. The molecule has 1 saturated carbocycles. The predicted molar refractivity (Wildman–Crippen MR) is 84.9 cm³/mol. The van der Waals surface area contributed by atoms with Crippen molar-refractivity contribution in [2.45, 2.75) is 37.8 Å². The number of aliphatic hydroxyl groups is 1. The summed E-state index contributed by atoms with van der Waals surface area (Å²) in [5, 5.41) is 14.0. The van der Waals surface area contributed by atoms with Crippen LogP contribution in [0, 0.1) is 0 Å². The van der Waals surface area contributed by atoms with Crippen molar-refractivity contribution < 1.29 is 9.90 Å². The minimum atomic E-state index is -0.399. The van der Waals surface area contributed by atoms with Crippen molar-refractivity contribution in [3.05, 3.63) is 36.2 Å². The van der Waals surface area contributed by atoms with Crippen molar-refractivity contribution in [3.63, 3.8) is 0 Å². The van der Waals surface area contributed by atoms with Crippen LogP contribution in [0.25, 0.3) is 11.4 Å². The second-order valence-corrected chi connectivity index (χ2v) is 6.38. The van der Waals surface area contributed by atoms with Crippen LogP contribution in [0.5, 0.6) is 0 Å². The first-order valence-corrected chi connectivity index (χ1v) is 8.19. The first-order valence-electron chi connectivity index (χ1n) is 8.19. The van der Waals surface area contributed by atoms with E-state index in [0.717, 1.165) is 37.1 Å². The van der Waals surface area contributed by atoms with Gasteiger partial charge in [0.15, 0.2) is 5.82 Å². The van der Waals surface area contributed by atoms with Gasteiger partial charge in [-0.05, 0) is 37.8 Å². The third kappa shape index (κ3) is 2.86. The van der Waals surface area contributed by atoms with E-state index in [1.54, 1.807) is 11.2 Å². The van der Waals surface area contributed by atoms with Crippen LogP contribution >= 0.6 is 0 Å². The van der Waals surface area contributed by atoms with Gasteiger partial charge in [0.25, 0.3) is 5.91 Å². The van der Waals surface area contributed by atoms with E-state index in [0.29, 0.717) is 24.7 Å². The standard InChI is InChI=1S/C17H20N4O2/c22-15-2-1-9-20(10-15)17(23)13-5-3-12(4-6-13)16-18-11-19-21(16)14-7-8-14/h3-6,11,14-15,22H,1-2,7-10H2. The minimum absolute atomic E-state index is 0.0149. The molecule has 23 heavy (non-hydrogen) atoms. The number of carbonyl (C=O) groups is 1. The summed E-state index contributed by atoms with van der Waals surface area (Å²) in [6.45, 7) is 1.14. The monoisotopic (exact) mass is 312 g/mol. The quantitative estimate of drug-likeness (QED) is 0.939. The van der Waals surface area contributed by atoms with E-state index in [4.69, 9.17) is 0 Å². The molecule has 1 unspecified atom stereocenters. The molecule has 2 fully saturated rings. The Balaban J connectivity index is 1.53. The normalized spacial score (nSPS) is 21.4. The molecule has 0 radical (unpaired) electrons. The predicted octanol–water partition coefficient (Wildman–Crippen LogP) is 1.88. The van der Waals surface area contributed by atoms with E-state index in [2.05, 4.69) is 10.1 Å². The van der Waals surface area contributed by atoms with Crippen LogP contribution < -0.4 is 0 Å². The van der Waals surface area contributed by atoms with Crippen LogP contribution in [-0.2, 0) is 0 Å². The molecular weight excluding hydrogens is 292 g/mol. The van der Waals surface area contributed by atoms with Gasteiger partial charge < -0.3 is 10.0 Å². The summed E-state index contributed by atoms with van der Waals surface area (Å²) in [5.41, 5.74) is 1.63. The summed E-state index contributed by atoms with van der Waals surface area (Å²) in [6.07, 6.45) is 5.13. The molecule has 2 aliphatic rings. The summed E-state index contributed by atoms with van der Waals surface area (Å²) in [6, 6.07) is 8.01. The smallest absolute Gasteiger partial charge is 0.253 e. The third-order valence-corrected chi connectivity index (χ3v) is 4.54. The maximum Gasteiger partial charge on any atom is 0.253 e. The molecule has 1 N–H and O–H groups in total. The molecule has 1 aliphatic heterocycles. The van der Waals surface area contributed by atoms with Crippen molar-refractivity contribution >= 4 is 5.91 Å². The molecule has 6 heteroatoms. The number of carbonyl (C=O) groups excluding carboxylic acids is 1. The maximum absolute atomic E-state index is 12.5. The Labute approximate surface area is 134 Å². The van der Waals surface area contributed by atoms with Crippen LogP contribution in [0.3, 0.4) is 0 Å². The second kappa shape index (κ2) is 5.77. The molecular formula is C17H20N4O2. The van der Waals surface area contributed by atoms with Gasteiger partial charge in [-0.2, -0.15) is 5.10 Å². The fourth-order valence-corrected chi connectivity index (χ4v) is 3.13. The lowest BCUT2D eigenvalue weighted by molar-refractivity contribution is 0.0474. The van der Waals surface area contributed by atoms with E-state index >= 15 is 0 Å². The number of hydrogen-bond donors (Lipinski definition) is 1. The lowest BCUT2D eigenvalue weighted by Gasteiger charge is -2.30. The lowest BCUT2D eigenvalue weighted by Crippen LogP contribution is -2.42. The number of β-amino-alcohol motifs (C(OH)–C–C–N with tert-alkyl or cyclic N) is 1. The average Bonchev–Trinajstić information content (AvgIpc) is 3.31. The Morgan fingerprint density at radius 2 is 1.96 bits per heavy atom. The zero-order chi connectivity index (χ0) is 15.8. The molecule has 1 amide bonds. The van der Waals surface area contributed by atoms with Gasteiger partial charge in [-0.25, -0.2) is 9.67 Å². The van der Waals surface area contributed by atoms with Crippen LogP contribution in [0.4, 0.5) is 0 Å². The van der Waals surface area contributed by atoms with Crippen LogP contribution in [0.15, 0.2) is 30.6 Å². The van der Waals surface area contributed by atoms with Gasteiger partial charge in [0, 0.05) is 24.2 Å². The van der Waals surface area contributed by atoms with Crippen molar-refractivity contribution in [1.82, 2.24) is 19.7 Å². The lowest BCUT2D eigenvalue weighted by atomic mass is 10.1. The summed E-state index contributed by atoms with van der Waals surface area (Å²) < 4.78 is 1.97. The Hall–Kier alpha value is -2.21. The molecule has 6 nitrogen and oxygen atoms in total. The molecule has 2 heterocycles. The average molecular weight is 312 g/mol. The van der Waals surface area contributed by atoms with Gasteiger partial charge >= 0.3 is 0 Å². The van der Waals surface area contributed by atoms with Crippen LogP contribution in [-0.4, -0.2) is 49.9 Å². The summed E-state index contributed by atoms with van der Waals surface area (Å²) >= 11 is 0. The maximum atomic E-state index is 12.5. The summed E-state index contributed by atoms with van der Waals surface area (Å²) in [4.78, 5) is 18.6. The molecule has 4 rings (SSSR count). The van der Waals surface area contributed by atoms with Gasteiger partial charge in [-0.3, -0.25) is 4.79 Å². The first-order chi connectivity index (χ1) is 11.2. The van der Waals surface area contributed by atoms with E-state index in [9.17, 15) is 9.90 Å². The molecule has 0 bridgehead atoms. The number of likely N-dealkylation sites (tertiary alicyclic amines) is 1. The van der Waals surface area contributed by atoms with Crippen LogP contribution in [0.1, 0.15) is 42.1 Å². The SMILES string of the molecule is O=C(c1ccc(-c2ncnn2C2CC2)cc1)N1CCCC(O)C1. The number of amides is 1. The number of aromatic nitrogens is 3. The highest BCUT2D eigenvalue weighted by Crippen LogP contribution is 2.36. The Morgan fingerprint density at radius 1 is 1.17 bits per heavy atom. The number of hydrogen-bond acceptors (Lipinski definition) is 4. The van der Waals surface area contributed by atoms with Crippen molar-refractivity contribution in [2.75, 3.05) is 13.1 Å². The Kier molecular flexibility index (Phi) is 3.61. The highest BCUT2D eigenvalue weighted by molar-refractivity contribution is 5.94. The van der Waals surface area contributed by atoms with Crippen molar-refractivity contribution in [3.8, 4) is 11.4 Å². The summed E-state index contributed by atoms with van der Waals surface area (Å²) in [7, 11) is 0. The van der Waals surface area contributed by atoms with Gasteiger partial charge in [0.1, 0.15) is 6.33 Å². The first kappa shape index (κ1) is 14.4. The largest absolute Gasteiger partial charge is 0.391 e. The molecule has 1 atom stereocenters. The highest BCUT2D eigenvalue weighted by Gasteiger charge is 2.27. The number of nitrogens with zero attached hydrogens (tertiary/aromatic N) is 4. The summed E-state index contributed by atoms with van der Waals surface area (Å²) in [5.74, 6) is 0.846. The third-order valence-electron chi connectivity index (χ3n) is 4.54. The second-order valence-electron chi connectivity index (χ2n) is 6.38. The van der Waals surface area contributed by atoms with E-state index in [1.165, 1.54) is 0 Å². The van der Waals surface area contributed by atoms with Gasteiger partial charge in [-0.15, -0.1) is 0 Å². The zero-order valence-corrected chi connectivity index (χ0v) is 12.9. The molecule has 1 aromatic carbocycles. The topological polar surface area (TPSA) is 71.2 Å². The van der Waals surface area contributed by atoms with E-state index in [-0.39, 0.29) is 5.91 Å². The molecule has 0 spiro atoms. The number of rotatable bonds is 3. The number of piperidine rings is 1. The van der Waals surface area contributed by atoms with Crippen molar-refractivity contribution in [1.29, 1.82) is 0 Å². The van der Waals surface area contributed by atoms with Crippen LogP contribution in [0.2, 0.25) is 0 Å². The number of benzene rings is 1. The van der Waals surface area contributed by atoms with E-state index < -0.39 is 6.10 Å². The molecule has 2 aromatic rings.